The summed E-state index contributed by atoms with van der Waals surface area (Å²) in [6.45, 7) is 6.44. The van der Waals surface area contributed by atoms with Gasteiger partial charge in [-0.05, 0) is 11.0 Å². The number of hydrogen-bond donors (Lipinski definition) is 1. The number of halogens is 1. The predicted octanol–water partition coefficient (Wildman–Crippen LogP) is 3.62. The Kier molecular flexibility index (Phi) is 3.51. The second kappa shape index (κ2) is 4.96. The van der Waals surface area contributed by atoms with Crippen LogP contribution in [0, 0.1) is 5.82 Å². The van der Waals surface area contributed by atoms with Gasteiger partial charge in [0.25, 0.3) is 0 Å². The second-order valence-electron chi connectivity index (χ2n) is 5.47. The lowest BCUT2D eigenvalue weighted by molar-refractivity contribution is 0.590. The van der Waals surface area contributed by atoms with Gasteiger partial charge in [-0.1, -0.05) is 45.0 Å². The van der Waals surface area contributed by atoms with Crippen LogP contribution in [-0.2, 0) is 5.41 Å². The van der Waals surface area contributed by atoms with Gasteiger partial charge in [-0.25, -0.2) is 14.4 Å². The van der Waals surface area contributed by atoms with Gasteiger partial charge in [-0.15, -0.1) is 0 Å². The second-order valence-corrected chi connectivity index (χ2v) is 5.47. The Hall–Kier alpha value is -1.97. The van der Waals surface area contributed by atoms with Crippen molar-refractivity contribution in [3.63, 3.8) is 0 Å². The van der Waals surface area contributed by atoms with Gasteiger partial charge in [-0.3, -0.25) is 0 Å². The van der Waals surface area contributed by atoms with E-state index in [2.05, 4.69) is 36.1 Å². The first-order chi connectivity index (χ1) is 8.91. The van der Waals surface area contributed by atoms with E-state index in [1.54, 1.807) is 7.05 Å². The van der Waals surface area contributed by atoms with Gasteiger partial charge in [0.2, 0.25) is 5.95 Å². The van der Waals surface area contributed by atoms with Crippen molar-refractivity contribution in [1.29, 1.82) is 0 Å². The predicted molar refractivity (Wildman–Crippen MR) is 75.7 cm³/mol. The highest BCUT2D eigenvalue weighted by molar-refractivity contribution is 5.61. The largest absolute Gasteiger partial charge is 0.357 e. The molecule has 0 saturated heterocycles. The van der Waals surface area contributed by atoms with Crippen LogP contribution in [-0.4, -0.2) is 17.0 Å². The Bertz CT molecular complexity index is 571. The van der Waals surface area contributed by atoms with Gasteiger partial charge in [0.15, 0.2) is 5.82 Å². The Morgan fingerprint density at radius 2 is 1.74 bits per heavy atom. The maximum absolute atomic E-state index is 13.8. The third kappa shape index (κ3) is 2.89. The molecule has 0 spiro atoms. The topological polar surface area (TPSA) is 37.8 Å². The molecule has 0 fully saturated rings. The van der Waals surface area contributed by atoms with Crippen LogP contribution in [0.3, 0.4) is 0 Å². The lowest BCUT2D eigenvalue weighted by Gasteiger charge is -2.19. The van der Waals surface area contributed by atoms with E-state index in [1.807, 2.05) is 24.3 Å². The molecule has 2 rings (SSSR count). The van der Waals surface area contributed by atoms with Crippen LogP contribution >= 0.6 is 0 Å². The van der Waals surface area contributed by atoms with E-state index >= 15 is 0 Å². The maximum Gasteiger partial charge on any atom is 0.223 e. The molecule has 100 valence electrons. The number of aromatic nitrogens is 2. The summed E-state index contributed by atoms with van der Waals surface area (Å²) >= 11 is 0. The average Bonchev–Trinajstić information content (AvgIpc) is 2.38. The monoisotopic (exact) mass is 259 g/mol. The fourth-order valence-electron chi connectivity index (χ4n) is 1.82. The number of nitrogens with one attached hydrogen (secondary N) is 1. The molecule has 0 bridgehead atoms. The van der Waals surface area contributed by atoms with Crippen LogP contribution in [0.4, 0.5) is 10.3 Å². The van der Waals surface area contributed by atoms with Crippen LogP contribution in [0.1, 0.15) is 26.3 Å². The standard InChI is InChI=1S/C15H18FN3/c1-15(2,3)11-7-5-10(6-8-11)13-12(16)9-18-14(17-4)19-13/h5-9H,1-4H3,(H,17,18,19). The first-order valence-electron chi connectivity index (χ1n) is 6.23. The maximum atomic E-state index is 13.8. The van der Waals surface area contributed by atoms with Crippen molar-refractivity contribution >= 4 is 5.95 Å². The highest BCUT2D eigenvalue weighted by atomic mass is 19.1. The van der Waals surface area contributed by atoms with Gasteiger partial charge in [-0.2, -0.15) is 0 Å². The molecule has 4 heteroatoms. The number of anilines is 1. The number of nitrogens with zero attached hydrogens (tertiary/aromatic N) is 2. The number of rotatable bonds is 2. The minimum Gasteiger partial charge on any atom is -0.357 e. The summed E-state index contributed by atoms with van der Waals surface area (Å²) in [6, 6.07) is 7.81. The number of hydrogen-bond acceptors (Lipinski definition) is 3. The molecule has 0 aliphatic heterocycles. The minimum absolute atomic E-state index is 0.0822. The molecule has 1 N–H and O–H groups in total. The van der Waals surface area contributed by atoms with Gasteiger partial charge in [0, 0.05) is 12.6 Å². The van der Waals surface area contributed by atoms with Crippen molar-refractivity contribution in [2.24, 2.45) is 0 Å². The summed E-state index contributed by atoms with van der Waals surface area (Å²) in [5.41, 5.74) is 2.36. The highest BCUT2D eigenvalue weighted by Crippen LogP contribution is 2.26. The third-order valence-corrected chi connectivity index (χ3v) is 2.99. The summed E-state index contributed by atoms with van der Waals surface area (Å²) in [4.78, 5) is 8.00. The van der Waals surface area contributed by atoms with Crippen molar-refractivity contribution in [3.05, 3.63) is 41.8 Å². The molecule has 19 heavy (non-hydrogen) atoms. The molecule has 3 nitrogen and oxygen atoms in total. The zero-order valence-electron chi connectivity index (χ0n) is 11.7. The molecule has 1 aromatic heterocycles. The summed E-state index contributed by atoms with van der Waals surface area (Å²) < 4.78 is 13.8. The quantitative estimate of drug-likeness (QED) is 0.895. The first-order valence-corrected chi connectivity index (χ1v) is 6.23. The van der Waals surface area contributed by atoms with Gasteiger partial charge < -0.3 is 5.32 Å². The molecule has 1 heterocycles. The minimum atomic E-state index is -0.414. The van der Waals surface area contributed by atoms with Crippen LogP contribution in [0.25, 0.3) is 11.3 Å². The van der Waals surface area contributed by atoms with Crippen molar-refractivity contribution < 1.29 is 4.39 Å². The molecular weight excluding hydrogens is 241 g/mol. The zero-order chi connectivity index (χ0) is 14.0. The molecule has 1 aromatic carbocycles. The van der Waals surface area contributed by atoms with E-state index in [0.717, 1.165) is 5.56 Å². The molecule has 0 aliphatic rings. The highest BCUT2D eigenvalue weighted by Gasteiger charge is 2.14. The Balaban J connectivity index is 2.42. The molecule has 0 radical (unpaired) electrons. The van der Waals surface area contributed by atoms with Crippen LogP contribution in [0.2, 0.25) is 0 Å². The van der Waals surface area contributed by atoms with Crippen molar-refractivity contribution in [1.82, 2.24) is 9.97 Å². The van der Waals surface area contributed by atoms with E-state index in [1.165, 1.54) is 11.8 Å². The Morgan fingerprint density at radius 3 is 2.26 bits per heavy atom. The van der Waals surface area contributed by atoms with E-state index in [0.29, 0.717) is 11.6 Å². The number of benzene rings is 1. The van der Waals surface area contributed by atoms with Crippen molar-refractivity contribution in [2.75, 3.05) is 12.4 Å². The molecule has 2 aromatic rings. The average molecular weight is 259 g/mol. The van der Waals surface area contributed by atoms with Crippen LogP contribution in [0.5, 0.6) is 0 Å². The third-order valence-electron chi connectivity index (χ3n) is 2.99. The summed E-state index contributed by atoms with van der Waals surface area (Å²) in [5.74, 6) is -0.00111. The van der Waals surface area contributed by atoms with E-state index < -0.39 is 5.82 Å². The van der Waals surface area contributed by atoms with Gasteiger partial charge >= 0.3 is 0 Å². The fourth-order valence-corrected chi connectivity index (χ4v) is 1.82. The van der Waals surface area contributed by atoms with Gasteiger partial charge in [0.05, 0.1) is 6.20 Å². The molecule has 0 aliphatic carbocycles. The summed E-state index contributed by atoms with van der Waals surface area (Å²) in [5, 5.41) is 2.81. The molecule has 0 atom stereocenters. The van der Waals surface area contributed by atoms with E-state index in [4.69, 9.17) is 0 Å². The lowest BCUT2D eigenvalue weighted by atomic mass is 9.86. The molecule has 0 saturated carbocycles. The Morgan fingerprint density at radius 1 is 1.11 bits per heavy atom. The van der Waals surface area contributed by atoms with Crippen LogP contribution < -0.4 is 5.32 Å². The lowest BCUT2D eigenvalue weighted by Crippen LogP contribution is -2.10. The zero-order valence-corrected chi connectivity index (χ0v) is 11.7. The van der Waals surface area contributed by atoms with Crippen molar-refractivity contribution in [2.45, 2.75) is 26.2 Å². The van der Waals surface area contributed by atoms with Gasteiger partial charge in [0.1, 0.15) is 5.69 Å². The van der Waals surface area contributed by atoms with Crippen LogP contribution in [0.15, 0.2) is 30.5 Å². The smallest absolute Gasteiger partial charge is 0.223 e. The van der Waals surface area contributed by atoms with E-state index in [9.17, 15) is 4.39 Å². The molecule has 0 amide bonds. The molecular formula is C15H18FN3. The first kappa shape index (κ1) is 13.5. The van der Waals surface area contributed by atoms with E-state index in [-0.39, 0.29) is 5.41 Å². The summed E-state index contributed by atoms with van der Waals surface area (Å²) in [7, 11) is 1.71. The summed E-state index contributed by atoms with van der Waals surface area (Å²) in [6.07, 6.45) is 1.19. The fraction of sp³-hybridized carbons (Fsp3) is 0.333. The van der Waals surface area contributed by atoms with Crippen molar-refractivity contribution in [3.8, 4) is 11.3 Å². The normalized spacial score (nSPS) is 11.4. The SMILES string of the molecule is CNc1ncc(F)c(-c2ccc(C(C)(C)C)cc2)n1. The molecule has 0 unspecified atom stereocenters. The Labute approximate surface area is 112 Å².